The molecule has 4 aromatic rings. The van der Waals surface area contributed by atoms with Crippen LogP contribution in [0.15, 0.2) is 61.1 Å². The predicted octanol–water partition coefficient (Wildman–Crippen LogP) is 4.60. The van der Waals surface area contributed by atoms with Gasteiger partial charge in [-0.15, -0.1) is 0 Å². The molecule has 0 spiro atoms. The molecule has 2 aromatic heterocycles. The monoisotopic (exact) mass is 544 g/mol. The summed E-state index contributed by atoms with van der Waals surface area (Å²) < 4.78 is 47.9. The number of alkyl halides is 3. The second-order valence-corrected chi connectivity index (χ2v) is 8.75. The number of hydrogen-bond donors (Lipinski definition) is 2. The Bertz CT molecular complexity index is 1480. The van der Waals surface area contributed by atoms with Crippen molar-refractivity contribution in [3.8, 4) is 16.9 Å². The van der Waals surface area contributed by atoms with Gasteiger partial charge < -0.3 is 20.1 Å². The molecule has 38 heavy (non-hydrogen) atoms. The van der Waals surface area contributed by atoms with Gasteiger partial charge in [-0.1, -0.05) is 17.7 Å². The zero-order valence-corrected chi connectivity index (χ0v) is 20.4. The summed E-state index contributed by atoms with van der Waals surface area (Å²) in [6, 6.07) is 11.6. The fourth-order valence-electron chi connectivity index (χ4n) is 3.93. The quantitative estimate of drug-likeness (QED) is 0.365. The van der Waals surface area contributed by atoms with E-state index in [4.69, 9.17) is 16.3 Å². The van der Waals surface area contributed by atoms with E-state index in [1.165, 1.54) is 17.1 Å². The van der Waals surface area contributed by atoms with E-state index in [2.05, 4.69) is 20.4 Å². The van der Waals surface area contributed by atoms with Crippen molar-refractivity contribution in [3.05, 3.63) is 77.2 Å². The van der Waals surface area contributed by atoms with Gasteiger partial charge in [0.05, 0.1) is 35.8 Å². The molecule has 0 aliphatic carbocycles. The van der Waals surface area contributed by atoms with Crippen molar-refractivity contribution in [2.24, 2.45) is 0 Å². The van der Waals surface area contributed by atoms with E-state index in [1.54, 1.807) is 47.4 Å². The molecule has 0 saturated carbocycles. The molecule has 1 fully saturated rings. The van der Waals surface area contributed by atoms with Crippen molar-refractivity contribution in [2.75, 3.05) is 30.0 Å². The van der Waals surface area contributed by atoms with Crippen LogP contribution in [0.4, 0.5) is 30.5 Å². The number of anilines is 3. The normalized spacial score (nSPS) is 14.1. The van der Waals surface area contributed by atoms with Gasteiger partial charge in [-0.3, -0.25) is 4.79 Å². The van der Waals surface area contributed by atoms with E-state index >= 15 is 0 Å². The number of aromatic nitrogens is 4. The Balaban J connectivity index is 1.43. The Morgan fingerprint density at radius 1 is 1.13 bits per heavy atom. The minimum absolute atomic E-state index is 0.0128. The van der Waals surface area contributed by atoms with Gasteiger partial charge in [-0.25, -0.2) is 14.6 Å². The highest BCUT2D eigenvalue weighted by Crippen LogP contribution is 2.37. The Hall–Kier alpha value is -4.00. The molecule has 9 nitrogen and oxygen atoms in total. The van der Waals surface area contributed by atoms with Gasteiger partial charge in [0, 0.05) is 35.9 Å². The smallest absolute Gasteiger partial charge is 0.392 e. The van der Waals surface area contributed by atoms with E-state index in [-0.39, 0.29) is 41.3 Å². The average molecular weight is 545 g/mol. The molecule has 2 aromatic carbocycles. The molecule has 1 amide bonds. The number of aliphatic hydroxyl groups excluding tert-OH is 1. The Morgan fingerprint density at radius 3 is 2.61 bits per heavy atom. The molecule has 0 atom stereocenters. The third kappa shape index (κ3) is 5.32. The van der Waals surface area contributed by atoms with E-state index in [0.717, 1.165) is 0 Å². The van der Waals surface area contributed by atoms with E-state index in [1.807, 2.05) is 0 Å². The molecule has 3 heterocycles. The minimum Gasteiger partial charge on any atom is -0.392 e. The molecule has 2 N–H and O–H groups in total. The highest BCUT2D eigenvalue weighted by atomic mass is 35.5. The number of ether oxygens (including phenoxy) is 1. The van der Waals surface area contributed by atoms with Gasteiger partial charge in [0.25, 0.3) is 5.91 Å². The van der Waals surface area contributed by atoms with Crippen LogP contribution in [-0.2, 0) is 22.3 Å². The largest absolute Gasteiger partial charge is 0.419 e. The Kier molecular flexibility index (Phi) is 7.02. The molecule has 1 aliphatic heterocycles. The molecule has 13 heteroatoms. The topological polar surface area (TPSA) is 105 Å². The number of benzene rings is 2. The summed E-state index contributed by atoms with van der Waals surface area (Å²) >= 11 is 6.27. The highest BCUT2D eigenvalue weighted by Gasteiger charge is 2.36. The number of nitrogens with one attached hydrogen (secondary N) is 1. The molecule has 196 valence electrons. The van der Waals surface area contributed by atoms with Crippen molar-refractivity contribution >= 4 is 34.8 Å². The minimum atomic E-state index is -4.71. The van der Waals surface area contributed by atoms with Crippen LogP contribution in [0.25, 0.3) is 16.9 Å². The molecule has 1 aliphatic rings. The van der Waals surface area contributed by atoms with Crippen LogP contribution in [0.2, 0.25) is 5.02 Å². The first kappa shape index (κ1) is 25.6. The van der Waals surface area contributed by atoms with E-state index in [0.29, 0.717) is 42.0 Å². The highest BCUT2D eigenvalue weighted by molar-refractivity contribution is 6.32. The van der Waals surface area contributed by atoms with E-state index < -0.39 is 11.7 Å². The SMILES string of the molecule is O=C1COCCN1c1ccc(Nc2ncc(C(F)(F)F)c(-c3cnn(-c4ccc(CO)cc4Cl)c3)n2)cc1. The molecule has 0 radical (unpaired) electrons. The van der Waals surface area contributed by atoms with Gasteiger partial charge in [0.1, 0.15) is 12.2 Å². The van der Waals surface area contributed by atoms with Crippen LogP contribution >= 0.6 is 11.6 Å². The zero-order chi connectivity index (χ0) is 26.9. The van der Waals surface area contributed by atoms with Crippen molar-refractivity contribution < 1.29 is 27.8 Å². The summed E-state index contributed by atoms with van der Waals surface area (Å²) in [5.74, 6) is -0.208. The first-order valence-electron chi connectivity index (χ1n) is 11.4. The van der Waals surface area contributed by atoms with Gasteiger partial charge in [0.15, 0.2) is 0 Å². The number of halogens is 4. The maximum absolute atomic E-state index is 13.8. The second kappa shape index (κ2) is 10.4. The molecule has 0 unspecified atom stereocenters. The number of nitrogens with zero attached hydrogens (tertiary/aromatic N) is 5. The van der Waals surface area contributed by atoms with Crippen LogP contribution in [0.1, 0.15) is 11.1 Å². The van der Waals surface area contributed by atoms with Crippen LogP contribution in [0.3, 0.4) is 0 Å². The lowest BCUT2D eigenvalue weighted by Gasteiger charge is -2.26. The summed E-state index contributed by atoms with van der Waals surface area (Å²) in [5.41, 5.74) is 0.927. The molecular formula is C25H20ClF3N6O3. The van der Waals surface area contributed by atoms with Crippen LogP contribution in [0.5, 0.6) is 0 Å². The van der Waals surface area contributed by atoms with Crippen LogP contribution in [-0.4, -0.2) is 50.5 Å². The van der Waals surface area contributed by atoms with Crippen molar-refractivity contribution in [1.82, 2.24) is 19.7 Å². The standard InChI is InChI=1S/C25H20ClF3N6O3/c26-20-9-15(13-36)1-6-21(20)35-12-16(10-31-35)23-19(25(27,28)29)11-30-24(33-23)32-17-2-4-18(5-3-17)34-7-8-38-14-22(34)37/h1-6,9-12,36H,7-8,13-14H2,(H,30,32,33). The summed E-state index contributed by atoms with van der Waals surface area (Å²) in [5, 5.41) is 16.6. The molecule has 5 rings (SSSR count). The maximum atomic E-state index is 13.8. The third-order valence-corrected chi connectivity index (χ3v) is 6.12. The molecule has 1 saturated heterocycles. The Labute approximate surface area is 219 Å². The molecular weight excluding hydrogens is 525 g/mol. The fraction of sp³-hybridized carbons (Fsp3) is 0.200. The number of rotatable bonds is 6. The number of morpholine rings is 1. The van der Waals surface area contributed by atoms with Crippen molar-refractivity contribution in [3.63, 3.8) is 0 Å². The van der Waals surface area contributed by atoms with Gasteiger partial charge >= 0.3 is 6.18 Å². The summed E-state index contributed by atoms with van der Waals surface area (Å²) in [6.45, 7) is 0.676. The van der Waals surface area contributed by atoms with Gasteiger partial charge in [0.2, 0.25) is 5.95 Å². The van der Waals surface area contributed by atoms with Gasteiger partial charge in [-0.2, -0.15) is 18.3 Å². The first-order chi connectivity index (χ1) is 18.2. The van der Waals surface area contributed by atoms with Gasteiger partial charge in [-0.05, 0) is 42.0 Å². The Morgan fingerprint density at radius 2 is 1.92 bits per heavy atom. The number of hydrogen-bond acceptors (Lipinski definition) is 7. The summed E-state index contributed by atoms with van der Waals surface area (Å²) in [4.78, 5) is 21.6. The molecule has 0 bridgehead atoms. The van der Waals surface area contributed by atoms with Crippen molar-refractivity contribution in [1.29, 1.82) is 0 Å². The number of carbonyl (C=O) groups is 1. The number of aliphatic hydroxyl groups is 1. The summed E-state index contributed by atoms with van der Waals surface area (Å²) in [7, 11) is 0. The number of carbonyl (C=O) groups excluding carboxylic acids is 1. The predicted molar refractivity (Wildman–Crippen MR) is 133 cm³/mol. The number of amides is 1. The third-order valence-electron chi connectivity index (χ3n) is 5.81. The second-order valence-electron chi connectivity index (χ2n) is 8.34. The fourth-order valence-corrected chi connectivity index (χ4v) is 4.22. The van der Waals surface area contributed by atoms with Crippen molar-refractivity contribution in [2.45, 2.75) is 12.8 Å². The zero-order valence-electron chi connectivity index (χ0n) is 19.6. The van der Waals surface area contributed by atoms with E-state index in [9.17, 15) is 23.1 Å². The first-order valence-corrected chi connectivity index (χ1v) is 11.7. The van der Waals surface area contributed by atoms with Crippen LogP contribution < -0.4 is 10.2 Å². The maximum Gasteiger partial charge on any atom is 0.419 e. The lowest BCUT2D eigenvalue weighted by Crippen LogP contribution is -2.41. The lowest BCUT2D eigenvalue weighted by molar-refractivity contribution is -0.137. The average Bonchev–Trinajstić information content (AvgIpc) is 3.39. The van der Waals surface area contributed by atoms with Crippen LogP contribution in [0, 0.1) is 0 Å². The lowest BCUT2D eigenvalue weighted by atomic mass is 10.1. The summed E-state index contributed by atoms with van der Waals surface area (Å²) in [6.07, 6.45) is -1.35.